The Morgan fingerprint density at radius 3 is 2.78 bits per heavy atom. The van der Waals surface area contributed by atoms with Gasteiger partial charge in [0.2, 0.25) is 0 Å². The van der Waals surface area contributed by atoms with Crippen LogP contribution in [0.4, 0.5) is 0 Å². The summed E-state index contributed by atoms with van der Waals surface area (Å²) in [7, 11) is 0. The fraction of sp³-hybridized carbons (Fsp3) is 0.357. The van der Waals surface area contributed by atoms with Crippen LogP contribution in [0.25, 0.3) is 11.3 Å². The number of aromatic nitrogens is 2. The van der Waals surface area contributed by atoms with Gasteiger partial charge in [-0.3, -0.25) is 0 Å². The summed E-state index contributed by atoms with van der Waals surface area (Å²) < 4.78 is 2.26. The third kappa shape index (κ3) is 1.85. The van der Waals surface area contributed by atoms with E-state index in [0.29, 0.717) is 6.54 Å². The van der Waals surface area contributed by atoms with Gasteiger partial charge in [-0.25, -0.2) is 4.98 Å². The lowest BCUT2D eigenvalue weighted by Gasteiger charge is -2.05. The van der Waals surface area contributed by atoms with Crippen LogP contribution in [0.1, 0.15) is 18.2 Å². The van der Waals surface area contributed by atoms with E-state index in [1.807, 2.05) is 11.8 Å². The van der Waals surface area contributed by atoms with E-state index in [-0.39, 0.29) is 0 Å². The second-order valence-electron chi connectivity index (χ2n) is 4.44. The molecule has 18 heavy (non-hydrogen) atoms. The van der Waals surface area contributed by atoms with E-state index in [2.05, 4.69) is 35.8 Å². The molecule has 0 saturated heterocycles. The number of imidazole rings is 1. The van der Waals surface area contributed by atoms with Gasteiger partial charge in [-0.05, 0) is 12.0 Å². The summed E-state index contributed by atoms with van der Waals surface area (Å²) in [6.45, 7) is 3.76. The molecule has 0 unspecified atom stereocenters. The van der Waals surface area contributed by atoms with Crippen molar-refractivity contribution in [2.45, 2.75) is 31.6 Å². The Labute approximate surface area is 111 Å². The Morgan fingerprint density at radius 2 is 2.11 bits per heavy atom. The minimum atomic E-state index is 0.554. The first-order chi connectivity index (χ1) is 8.83. The molecule has 0 amide bonds. The third-order valence-electron chi connectivity index (χ3n) is 3.41. The number of aryl methyl sites for hydroxylation is 1. The molecule has 94 valence electrons. The number of thioether (sulfide) groups is 1. The average molecular weight is 259 g/mol. The number of hydrogen-bond donors (Lipinski definition) is 1. The van der Waals surface area contributed by atoms with Crippen LogP contribution < -0.4 is 5.73 Å². The number of benzene rings is 1. The van der Waals surface area contributed by atoms with E-state index >= 15 is 0 Å². The van der Waals surface area contributed by atoms with E-state index in [0.717, 1.165) is 29.6 Å². The molecule has 1 aromatic carbocycles. The van der Waals surface area contributed by atoms with Crippen LogP contribution in [0.2, 0.25) is 0 Å². The van der Waals surface area contributed by atoms with Crippen molar-refractivity contribution in [2.24, 2.45) is 5.73 Å². The average Bonchev–Trinajstić information content (AvgIpc) is 2.98. The van der Waals surface area contributed by atoms with Crippen LogP contribution >= 0.6 is 11.8 Å². The minimum Gasteiger partial charge on any atom is -0.325 e. The maximum atomic E-state index is 5.89. The highest BCUT2D eigenvalue weighted by Crippen LogP contribution is 2.32. The molecule has 1 aliphatic rings. The number of hydrogen-bond acceptors (Lipinski definition) is 3. The molecule has 0 saturated carbocycles. The summed E-state index contributed by atoms with van der Waals surface area (Å²) in [5.74, 6) is 1.12. The summed E-state index contributed by atoms with van der Waals surface area (Å²) in [5, 5.41) is 1.12. The zero-order valence-corrected chi connectivity index (χ0v) is 11.3. The van der Waals surface area contributed by atoms with Crippen molar-refractivity contribution in [2.75, 3.05) is 5.75 Å². The Bertz CT molecular complexity index is 557. The molecule has 0 spiro atoms. The molecule has 3 rings (SSSR count). The maximum absolute atomic E-state index is 5.89. The van der Waals surface area contributed by atoms with Gasteiger partial charge in [0.1, 0.15) is 0 Å². The zero-order valence-electron chi connectivity index (χ0n) is 10.5. The van der Waals surface area contributed by atoms with E-state index in [1.165, 1.54) is 16.8 Å². The third-order valence-corrected chi connectivity index (χ3v) is 4.37. The van der Waals surface area contributed by atoms with Crippen LogP contribution in [0, 0.1) is 0 Å². The number of nitrogens with two attached hydrogens (primary N) is 1. The maximum Gasteiger partial charge on any atom is 0.168 e. The largest absolute Gasteiger partial charge is 0.325 e. The van der Waals surface area contributed by atoms with Gasteiger partial charge in [0.15, 0.2) is 5.16 Å². The van der Waals surface area contributed by atoms with Gasteiger partial charge in [-0.1, -0.05) is 43.0 Å². The monoisotopic (exact) mass is 259 g/mol. The van der Waals surface area contributed by atoms with Crippen LogP contribution in [0.15, 0.2) is 29.4 Å². The van der Waals surface area contributed by atoms with E-state index < -0.39 is 0 Å². The molecule has 4 heteroatoms. The van der Waals surface area contributed by atoms with Crippen molar-refractivity contribution >= 4 is 11.8 Å². The predicted octanol–water partition coefficient (Wildman–Crippen LogP) is 2.68. The molecule has 2 N–H and O–H groups in total. The van der Waals surface area contributed by atoms with E-state index in [4.69, 9.17) is 10.7 Å². The van der Waals surface area contributed by atoms with Crippen molar-refractivity contribution < 1.29 is 0 Å². The molecule has 2 aromatic rings. The molecule has 0 atom stereocenters. The van der Waals surface area contributed by atoms with Gasteiger partial charge in [0, 0.05) is 24.4 Å². The topological polar surface area (TPSA) is 43.8 Å². The smallest absolute Gasteiger partial charge is 0.168 e. The highest BCUT2D eigenvalue weighted by molar-refractivity contribution is 7.99. The van der Waals surface area contributed by atoms with Crippen LogP contribution in [-0.2, 0) is 19.5 Å². The molecule has 2 heterocycles. The highest BCUT2D eigenvalue weighted by Gasteiger charge is 2.21. The van der Waals surface area contributed by atoms with Crippen molar-refractivity contribution in [3.8, 4) is 11.3 Å². The fourth-order valence-corrected chi connectivity index (χ4v) is 3.34. The van der Waals surface area contributed by atoms with Gasteiger partial charge in [-0.15, -0.1) is 0 Å². The lowest BCUT2D eigenvalue weighted by Crippen LogP contribution is -2.07. The van der Waals surface area contributed by atoms with Crippen molar-refractivity contribution in [3.63, 3.8) is 0 Å². The Hall–Kier alpha value is -1.26. The molecule has 0 fully saturated rings. The molecule has 0 aliphatic carbocycles. The summed E-state index contributed by atoms with van der Waals surface area (Å²) in [4.78, 5) is 4.73. The second-order valence-corrected chi connectivity index (χ2v) is 5.51. The standard InChI is InChI=1S/C14H17N3S/c1-2-10-3-5-11(6-4-10)13-12(9-15)17-7-8-18-14(17)16-13/h3-6H,2,7-9,15H2,1H3. The van der Waals surface area contributed by atoms with E-state index in [1.54, 1.807) is 0 Å². The van der Waals surface area contributed by atoms with Gasteiger partial charge < -0.3 is 10.3 Å². The Balaban J connectivity index is 2.05. The van der Waals surface area contributed by atoms with Gasteiger partial charge in [0.25, 0.3) is 0 Å². The zero-order chi connectivity index (χ0) is 12.5. The second kappa shape index (κ2) is 4.78. The van der Waals surface area contributed by atoms with Crippen molar-refractivity contribution in [3.05, 3.63) is 35.5 Å². The van der Waals surface area contributed by atoms with Gasteiger partial charge >= 0.3 is 0 Å². The van der Waals surface area contributed by atoms with E-state index in [9.17, 15) is 0 Å². The first-order valence-corrected chi connectivity index (χ1v) is 7.33. The van der Waals surface area contributed by atoms with Crippen molar-refractivity contribution in [1.29, 1.82) is 0 Å². The molecule has 0 bridgehead atoms. The number of nitrogens with zero attached hydrogens (tertiary/aromatic N) is 2. The fourth-order valence-electron chi connectivity index (χ4n) is 2.37. The molecule has 0 radical (unpaired) electrons. The summed E-state index contributed by atoms with van der Waals surface area (Å²) in [6.07, 6.45) is 1.07. The van der Waals surface area contributed by atoms with Crippen LogP contribution in [-0.4, -0.2) is 15.3 Å². The molecule has 1 aromatic heterocycles. The predicted molar refractivity (Wildman–Crippen MR) is 75.7 cm³/mol. The van der Waals surface area contributed by atoms with Gasteiger partial charge in [0.05, 0.1) is 11.4 Å². The normalized spacial score (nSPS) is 13.9. The number of fused-ring (bicyclic) bond motifs is 1. The molecular weight excluding hydrogens is 242 g/mol. The summed E-state index contributed by atoms with van der Waals surface area (Å²) in [5.41, 5.74) is 10.6. The first kappa shape index (κ1) is 11.8. The molecule has 1 aliphatic heterocycles. The molecule has 3 nitrogen and oxygen atoms in total. The van der Waals surface area contributed by atoms with Gasteiger partial charge in [-0.2, -0.15) is 0 Å². The Kier molecular flexibility index (Phi) is 3.14. The summed E-state index contributed by atoms with van der Waals surface area (Å²) >= 11 is 1.82. The van der Waals surface area contributed by atoms with Crippen molar-refractivity contribution in [1.82, 2.24) is 9.55 Å². The number of rotatable bonds is 3. The minimum absolute atomic E-state index is 0.554. The van der Waals surface area contributed by atoms with Crippen LogP contribution in [0.3, 0.4) is 0 Å². The lowest BCUT2D eigenvalue weighted by molar-refractivity contribution is 0.678. The molecular formula is C14H17N3S. The van der Waals surface area contributed by atoms with Crippen LogP contribution in [0.5, 0.6) is 0 Å². The SMILES string of the molecule is CCc1ccc(-c2nc3n(c2CN)CCS3)cc1. The Morgan fingerprint density at radius 1 is 1.33 bits per heavy atom. The first-order valence-electron chi connectivity index (χ1n) is 6.35. The summed E-state index contributed by atoms with van der Waals surface area (Å²) in [6, 6.07) is 8.65. The highest BCUT2D eigenvalue weighted by atomic mass is 32.2. The quantitative estimate of drug-likeness (QED) is 0.921. The lowest BCUT2D eigenvalue weighted by atomic mass is 10.1.